The monoisotopic (exact) mass is 261 g/mol. The summed E-state index contributed by atoms with van der Waals surface area (Å²) < 4.78 is 4.50. The summed E-state index contributed by atoms with van der Waals surface area (Å²) in [5.74, 6) is 5.22. The molecule has 0 saturated heterocycles. The van der Waals surface area contributed by atoms with E-state index in [1.807, 2.05) is 0 Å². The van der Waals surface area contributed by atoms with Crippen molar-refractivity contribution in [3.63, 3.8) is 0 Å². The molecule has 1 aromatic carbocycles. The highest BCUT2D eigenvalue weighted by Crippen LogP contribution is 2.06. The zero-order valence-corrected chi connectivity index (χ0v) is 10.3. The summed E-state index contributed by atoms with van der Waals surface area (Å²) in [5.41, 5.74) is 11.1. The highest BCUT2D eigenvalue weighted by molar-refractivity contribution is 5.96. The van der Waals surface area contributed by atoms with E-state index in [1.165, 1.54) is 0 Å². The maximum Gasteiger partial charge on any atom is 0.404 e. The van der Waals surface area contributed by atoms with E-state index in [1.54, 1.807) is 24.3 Å². The Kier molecular flexibility index (Phi) is 5.92. The highest BCUT2D eigenvalue weighted by atomic mass is 16.5. The zero-order chi connectivity index (χ0) is 14.1. The molecule has 5 N–H and O–H groups in total. The first kappa shape index (κ1) is 14.5. The highest BCUT2D eigenvalue weighted by Gasteiger charge is 2.08. The second-order valence-corrected chi connectivity index (χ2v) is 3.47. The minimum atomic E-state index is -0.872. The number of benzene rings is 1. The average molecular weight is 261 g/mol. The van der Waals surface area contributed by atoms with Gasteiger partial charge in [-0.2, -0.15) is 0 Å². The third-order valence-corrected chi connectivity index (χ3v) is 2.13. The third-order valence-electron chi connectivity index (χ3n) is 2.13. The van der Waals surface area contributed by atoms with Crippen molar-refractivity contribution in [3.8, 4) is 11.8 Å². The van der Waals surface area contributed by atoms with Crippen LogP contribution in [0.5, 0.6) is 0 Å². The molecule has 0 saturated carbocycles. The molecule has 0 aliphatic carbocycles. The van der Waals surface area contributed by atoms with Crippen LogP contribution >= 0.6 is 0 Å². The topological polar surface area (TPSA) is 107 Å². The third kappa shape index (κ3) is 5.10. The van der Waals surface area contributed by atoms with Crippen molar-refractivity contribution in [1.82, 2.24) is 5.32 Å². The number of amides is 2. The Labute approximate surface area is 111 Å². The van der Waals surface area contributed by atoms with Gasteiger partial charge >= 0.3 is 6.09 Å². The molecule has 0 aromatic heterocycles. The van der Waals surface area contributed by atoms with Gasteiger partial charge in [-0.15, -0.1) is 0 Å². The summed E-state index contributed by atoms with van der Waals surface area (Å²) in [4.78, 5) is 22.2. The first-order valence-electron chi connectivity index (χ1n) is 5.63. The van der Waals surface area contributed by atoms with Gasteiger partial charge in [0.05, 0.1) is 18.7 Å². The maximum atomic E-state index is 11.9. The van der Waals surface area contributed by atoms with Crippen molar-refractivity contribution in [1.29, 1.82) is 0 Å². The van der Waals surface area contributed by atoms with Crippen LogP contribution in [0.2, 0.25) is 0 Å². The molecule has 0 aliphatic rings. The van der Waals surface area contributed by atoms with E-state index in [4.69, 9.17) is 11.5 Å². The molecule has 0 bridgehead atoms. The van der Waals surface area contributed by atoms with Crippen LogP contribution in [0.25, 0.3) is 0 Å². The molecule has 0 heterocycles. The molecule has 0 atom stereocenters. The molecule has 2 amide bonds. The molecule has 0 radical (unpaired) electrons. The first-order chi connectivity index (χ1) is 9.15. The Morgan fingerprint density at radius 3 is 2.74 bits per heavy atom. The predicted molar refractivity (Wildman–Crippen MR) is 70.2 cm³/mol. The maximum absolute atomic E-state index is 11.9. The van der Waals surface area contributed by atoms with Crippen molar-refractivity contribution in [2.24, 2.45) is 11.5 Å². The summed E-state index contributed by atoms with van der Waals surface area (Å²) >= 11 is 0. The van der Waals surface area contributed by atoms with Crippen LogP contribution in [-0.2, 0) is 4.74 Å². The predicted octanol–water partition coefficient (Wildman–Crippen LogP) is -0.178. The summed E-state index contributed by atoms with van der Waals surface area (Å²) in [6, 6.07) is 6.91. The van der Waals surface area contributed by atoms with E-state index < -0.39 is 6.09 Å². The van der Waals surface area contributed by atoms with Gasteiger partial charge in [0.15, 0.2) is 0 Å². The second-order valence-electron chi connectivity index (χ2n) is 3.47. The van der Waals surface area contributed by atoms with Crippen molar-refractivity contribution in [2.75, 3.05) is 19.7 Å². The van der Waals surface area contributed by atoms with Gasteiger partial charge in [0.1, 0.15) is 6.61 Å². The van der Waals surface area contributed by atoms with Crippen molar-refractivity contribution >= 4 is 12.0 Å². The summed E-state index contributed by atoms with van der Waals surface area (Å²) in [5, 5.41) is 2.60. The Morgan fingerprint density at radius 2 is 2.05 bits per heavy atom. The number of primary amides is 1. The largest absolute Gasteiger partial charge is 0.448 e. The van der Waals surface area contributed by atoms with Crippen LogP contribution in [0.4, 0.5) is 4.79 Å². The molecule has 1 aromatic rings. The molecule has 100 valence electrons. The van der Waals surface area contributed by atoms with E-state index in [0.717, 1.165) is 0 Å². The second kappa shape index (κ2) is 7.74. The van der Waals surface area contributed by atoms with Crippen molar-refractivity contribution < 1.29 is 14.3 Å². The zero-order valence-electron chi connectivity index (χ0n) is 10.3. The Bertz CT molecular complexity index is 517. The average Bonchev–Trinajstić information content (AvgIpc) is 2.41. The fourth-order valence-electron chi connectivity index (χ4n) is 1.35. The Hall–Kier alpha value is -2.52. The van der Waals surface area contributed by atoms with Crippen molar-refractivity contribution in [2.45, 2.75) is 0 Å². The van der Waals surface area contributed by atoms with Gasteiger partial charge in [-0.05, 0) is 12.1 Å². The number of hydrogen-bond donors (Lipinski definition) is 3. The molecular weight excluding hydrogens is 246 g/mol. The van der Waals surface area contributed by atoms with Crippen LogP contribution in [0, 0.1) is 11.8 Å². The van der Waals surface area contributed by atoms with Crippen LogP contribution in [0.15, 0.2) is 24.3 Å². The lowest BCUT2D eigenvalue weighted by atomic mass is 10.1. The number of hydrogen-bond acceptors (Lipinski definition) is 4. The lowest BCUT2D eigenvalue weighted by Gasteiger charge is -2.06. The number of rotatable bonds is 4. The quantitative estimate of drug-likeness (QED) is 0.516. The lowest BCUT2D eigenvalue weighted by molar-refractivity contribution is 0.0936. The molecule has 6 nitrogen and oxygen atoms in total. The molecule has 0 aliphatic heterocycles. The Balaban J connectivity index is 2.63. The number of carbonyl (C=O) groups is 2. The van der Waals surface area contributed by atoms with Gasteiger partial charge in [0, 0.05) is 5.56 Å². The molecule has 0 fully saturated rings. The number of ether oxygens (including phenoxy) is 1. The van der Waals surface area contributed by atoms with Gasteiger partial charge in [0.25, 0.3) is 5.91 Å². The van der Waals surface area contributed by atoms with Crippen molar-refractivity contribution in [3.05, 3.63) is 35.4 Å². The smallest absolute Gasteiger partial charge is 0.404 e. The van der Waals surface area contributed by atoms with E-state index in [-0.39, 0.29) is 25.6 Å². The van der Waals surface area contributed by atoms with Gasteiger partial charge < -0.3 is 21.5 Å². The minimum absolute atomic E-state index is 0.0255. The van der Waals surface area contributed by atoms with E-state index in [0.29, 0.717) is 11.1 Å². The molecule has 6 heteroatoms. The van der Waals surface area contributed by atoms with Crippen LogP contribution in [-0.4, -0.2) is 31.7 Å². The summed E-state index contributed by atoms with van der Waals surface area (Å²) in [6.45, 7) is 0.431. The van der Waals surface area contributed by atoms with Gasteiger partial charge in [-0.3, -0.25) is 4.79 Å². The van der Waals surface area contributed by atoms with E-state index >= 15 is 0 Å². The van der Waals surface area contributed by atoms with E-state index in [2.05, 4.69) is 21.9 Å². The molecular formula is C13H15N3O3. The van der Waals surface area contributed by atoms with Gasteiger partial charge in [-0.25, -0.2) is 4.79 Å². The van der Waals surface area contributed by atoms with Gasteiger partial charge in [0.2, 0.25) is 0 Å². The Morgan fingerprint density at radius 1 is 1.32 bits per heavy atom. The number of carbonyl (C=O) groups excluding carboxylic acids is 2. The fraction of sp³-hybridized carbons (Fsp3) is 0.231. The molecule has 0 spiro atoms. The molecule has 19 heavy (non-hydrogen) atoms. The molecule has 0 unspecified atom stereocenters. The summed E-state index contributed by atoms with van der Waals surface area (Å²) in [7, 11) is 0. The lowest BCUT2D eigenvalue weighted by Crippen LogP contribution is -2.29. The number of nitrogens with one attached hydrogen (secondary N) is 1. The minimum Gasteiger partial charge on any atom is -0.448 e. The first-order valence-corrected chi connectivity index (χ1v) is 5.63. The summed E-state index contributed by atoms with van der Waals surface area (Å²) in [6.07, 6.45) is -0.872. The molecule has 1 rings (SSSR count). The van der Waals surface area contributed by atoms with Crippen LogP contribution in [0.3, 0.4) is 0 Å². The van der Waals surface area contributed by atoms with Gasteiger partial charge in [-0.1, -0.05) is 24.0 Å². The number of nitrogens with two attached hydrogens (primary N) is 2. The standard InChI is InChI=1S/C13H15N3O3/c14-7-3-5-10-4-1-2-6-11(10)12(17)16-8-9-19-13(15)18/h1-2,4,6H,7-9,14H2,(H2,15,18)(H,16,17). The van der Waals surface area contributed by atoms with Crippen LogP contribution < -0.4 is 16.8 Å². The normalized spacial score (nSPS) is 9.11. The fourth-order valence-corrected chi connectivity index (χ4v) is 1.35. The van der Waals surface area contributed by atoms with E-state index in [9.17, 15) is 9.59 Å². The SMILES string of the molecule is NCC#Cc1ccccc1C(=O)NCCOC(N)=O. The van der Waals surface area contributed by atoms with Crippen LogP contribution in [0.1, 0.15) is 15.9 Å².